The average Bonchev–Trinajstić information content (AvgIpc) is 3.17. The fourth-order valence-electron chi connectivity index (χ4n) is 3.67. The van der Waals surface area contributed by atoms with Crippen molar-refractivity contribution >= 4 is 11.9 Å². The van der Waals surface area contributed by atoms with Crippen LogP contribution < -0.4 is 0 Å². The smallest absolute Gasteiger partial charge is 0.343 e. The van der Waals surface area contributed by atoms with Gasteiger partial charge in [-0.2, -0.15) is 5.10 Å². The van der Waals surface area contributed by atoms with Crippen LogP contribution >= 0.6 is 0 Å². The number of hydrogen-bond donors (Lipinski definition) is 1. The Kier molecular flexibility index (Phi) is 5.54. The fraction of sp³-hybridized carbons (Fsp3) is 0.476. The molecule has 0 aliphatic carbocycles. The fourth-order valence-corrected chi connectivity index (χ4v) is 3.67. The van der Waals surface area contributed by atoms with Crippen molar-refractivity contribution in [1.82, 2.24) is 14.7 Å². The minimum Gasteiger partial charge on any atom is -0.479 e. The van der Waals surface area contributed by atoms with Crippen LogP contribution in [0.25, 0.3) is 0 Å². The molecule has 1 aromatic carbocycles. The highest BCUT2D eigenvalue weighted by Crippen LogP contribution is 2.27. The van der Waals surface area contributed by atoms with Gasteiger partial charge in [0.1, 0.15) is 0 Å². The number of aromatic nitrogens is 2. The van der Waals surface area contributed by atoms with Crippen molar-refractivity contribution in [3.8, 4) is 0 Å². The van der Waals surface area contributed by atoms with E-state index in [1.165, 1.54) is 10.5 Å². The maximum atomic E-state index is 14.2. The summed E-state index contributed by atoms with van der Waals surface area (Å²) in [5.74, 6) is -1.71. The van der Waals surface area contributed by atoms with Crippen LogP contribution in [-0.2, 0) is 22.6 Å². The zero-order valence-corrected chi connectivity index (χ0v) is 16.5. The highest BCUT2D eigenvalue weighted by Gasteiger charge is 2.46. The van der Waals surface area contributed by atoms with Gasteiger partial charge in [0.05, 0.1) is 18.8 Å². The number of amides is 1. The van der Waals surface area contributed by atoms with E-state index in [9.17, 15) is 14.0 Å². The van der Waals surface area contributed by atoms with Gasteiger partial charge >= 0.3 is 5.97 Å². The molecule has 0 bridgehead atoms. The molecule has 0 radical (unpaired) electrons. The van der Waals surface area contributed by atoms with Crippen molar-refractivity contribution < 1.29 is 19.1 Å². The average molecular weight is 387 g/mol. The van der Waals surface area contributed by atoms with Crippen LogP contribution in [-0.4, -0.2) is 50.4 Å². The molecule has 150 valence electrons. The first-order valence-corrected chi connectivity index (χ1v) is 9.48. The molecule has 1 saturated heterocycles. The predicted molar refractivity (Wildman–Crippen MR) is 103 cm³/mol. The number of carboxylic acid groups (broad SMARTS) is 1. The first-order chi connectivity index (χ1) is 13.2. The summed E-state index contributed by atoms with van der Waals surface area (Å²) in [4.78, 5) is 24.7. The van der Waals surface area contributed by atoms with Gasteiger partial charge in [-0.25, -0.2) is 9.18 Å². The minimum atomic E-state index is -2.32. The van der Waals surface area contributed by atoms with Gasteiger partial charge in [-0.1, -0.05) is 29.8 Å². The van der Waals surface area contributed by atoms with Gasteiger partial charge in [0, 0.05) is 25.1 Å². The number of alkyl halides is 1. The Balaban J connectivity index is 1.63. The molecule has 1 amide bonds. The molecule has 6 nitrogen and oxygen atoms in total. The number of carboxylic acids is 1. The Morgan fingerprint density at radius 2 is 1.89 bits per heavy atom. The van der Waals surface area contributed by atoms with Crippen LogP contribution in [0.1, 0.15) is 40.9 Å². The molecule has 0 saturated carbocycles. The van der Waals surface area contributed by atoms with E-state index in [4.69, 9.17) is 5.11 Å². The SMILES string of the molecule is Cc1ccc(Cn2nc(C)c(CCC(=O)N3CCC(F)(C(=O)O)C3)c2C)cc1. The summed E-state index contributed by atoms with van der Waals surface area (Å²) < 4.78 is 16.1. The van der Waals surface area contributed by atoms with E-state index in [-0.39, 0.29) is 31.8 Å². The summed E-state index contributed by atoms with van der Waals surface area (Å²) in [6, 6.07) is 8.29. The quantitative estimate of drug-likeness (QED) is 0.827. The van der Waals surface area contributed by atoms with E-state index in [0.717, 1.165) is 22.5 Å². The zero-order valence-electron chi connectivity index (χ0n) is 16.5. The van der Waals surface area contributed by atoms with Gasteiger partial charge in [0.2, 0.25) is 11.6 Å². The molecule has 2 heterocycles. The van der Waals surface area contributed by atoms with Crippen LogP contribution in [0.2, 0.25) is 0 Å². The molecular weight excluding hydrogens is 361 g/mol. The predicted octanol–water partition coefficient (Wildman–Crippen LogP) is 2.81. The summed E-state index contributed by atoms with van der Waals surface area (Å²) in [6.07, 6.45) is 0.571. The lowest BCUT2D eigenvalue weighted by Gasteiger charge is -2.17. The summed E-state index contributed by atoms with van der Waals surface area (Å²) in [5.41, 5.74) is 2.95. The first kappa shape index (κ1) is 20.0. The second kappa shape index (κ2) is 7.73. The van der Waals surface area contributed by atoms with E-state index >= 15 is 0 Å². The Labute approximate surface area is 164 Å². The van der Waals surface area contributed by atoms with Crippen LogP contribution in [0.5, 0.6) is 0 Å². The number of likely N-dealkylation sites (tertiary alicyclic amines) is 1. The van der Waals surface area contributed by atoms with E-state index in [1.54, 1.807) is 0 Å². The monoisotopic (exact) mass is 387 g/mol. The molecule has 1 aromatic heterocycles. The molecule has 3 rings (SSSR count). The summed E-state index contributed by atoms with van der Waals surface area (Å²) >= 11 is 0. The largest absolute Gasteiger partial charge is 0.479 e. The van der Waals surface area contributed by atoms with E-state index in [0.29, 0.717) is 13.0 Å². The van der Waals surface area contributed by atoms with Gasteiger partial charge in [0.25, 0.3) is 0 Å². The van der Waals surface area contributed by atoms with Crippen molar-refractivity contribution in [2.45, 2.75) is 52.2 Å². The van der Waals surface area contributed by atoms with Crippen LogP contribution in [0.15, 0.2) is 24.3 Å². The molecular formula is C21H26FN3O3. The first-order valence-electron chi connectivity index (χ1n) is 9.48. The molecule has 1 atom stereocenters. The van der Waals surface area contributed by atoms with Crippen LogP contribution in [0, 0.1) is 20.8 Å². The number of nitrogens with zero attached hydrogens (tertiary/aromatic N) is 3. The third-order valence-corrected chi connectivity index (χ3v) is 5.53. The number of aryl methyl sites for hydroxylation is 2. The van der Waals surface area contributed by atoms with E-state index < -0.39 is 11.6 Å². The number of hydrogen-bond acceptors (Lipinski definition) is 3. The Hall–Kier alpha value is -2.70. The van der Waals surface area contributed by atoms with Crippen molar-refractivity contribution in [2.24, 2.45) is 0 Å². The van der Waals surface area contributed by atoms with Crippen molar-refractivity contribution in [1.29, 1.82) is 0 Å². The second-order valence-corrected chi connectivity index (χ2v) is 7.63. The second-order valence-electron chi connectivity index (χ2n) is 7.63. The van der Waals surface area contributed by atoms with Crippen LogP contribution in [0.3, 0.4) is 0 Å². The number of carbonyl (C=O) groups is 2. The van der Waals surface area contributed by atoms with Gasteiger partial charge in [-0.15, -0.1) is 0 Å². The van der Waals surface area contributed by atoms with E-state index in [1.807, 2.05) is 25.5 Å². The van der Waals surface area contributed by atoms with Crippen LogP contribution in [0.4, 0.5) is 4.39 Å². The van der Waals surface area contributed by atoms with E-state index in [2.05, 4.69) is 29.4 Å². The number of carbonyl (C=O) groups excluding carboxylic acids is 1. The highest BCUT2D eigenvalue weighted by molar-refractivity contribution is 5.82. The standard InChI is InChI=1S/C21H26FN3O3/c1-14-4-6-17(7-5-14)12-25-16(3)18(15(2)23-25)8-9-19(26)24-11-10-21(22,13-24)20(27)28/h4-7H,8-13H2,1-3H3,(H,27,28). The number of halogens is 1. The lowest BCUT2D eigenvalue weighted by molar-refractivity contribution is -0.150. The Morgan fingerprint density at radius 1 is 1.21 bits per heavy atom. The Bertz CT molecular complexity index is 891. The van der Waals surface area contributed by atoms with Crippen molar-refractivity contribution in [3.63, 3.8) is 0 Å². The van der Waals surface area contributed by atoms with Gasteiger partial charge < -0.3 is 10.0 Å². The Morgan fingerprint density at radius 3 is 2.50 bits per heavy atom. The van der Waals surface area contributed by atoms with Crippen molar-refractivity contribution in [3.05, 3.63) is 52.3 Å². The minimum absolute atomic E-state index is 0.145. The lowest BCUT2D eigenvalue weighted by Crippen LogP contribution is -2.39. The summed E-state index contributed by atoms with van der Waals surface area (Å²) in [7, 11) is 0. The molecule has 1 aliphatic rings. The maximum absolute atomic E-state index is 14.2. The van der Waals surface area contributed by atoms with Gasteiger partial charge in [0.15, 0.2) is 0 Å². The van der Waals surface area contributed by atoms with Crippen molar-refractivity contribution in [2.75, 3.05) is 13.1 Å². The zero-order chi connectivity index (χ0) is 20.5. The third-order valence-electron chi connectivity index (χ3n) is 5.53. The highest BCUT2D eigenvalue weighted by atomic mass is 19.1. The summed E-state index contributed by atoms with van der Waals surface area (Å²) in [6.45, 7) is 6.40. The van der Waals surface area contributed by atoms with Gasteiger partial charge in [-0.3, -0.25) is 9.48 Å². The number of aliphatic carboxylic acids is 1. The molecule has 1 aliphatic heterocycles. The topological polar surface area (TPSA) is 75.4 Å². The third kappa shape index (κ3) is 4.08. The molecule has 0 spiro atoms. The maximum Gasteiger partial charge on any atom is 0.343 e. The molecule has 28 heavy (non-hydrogen) atoms. The lowest BCUT2D eigenvalue weighted by atomic mass is 10.1. The molecule has 2 aromatic rings. The molecule has 1 N–H and O–H groups in total. The normalized spacial score (nSPS) is 19.2. The number of benzene rings is 1. The molecule has 7 heteroatoms. The molecule has 1 fully saturated rings. The molecule has 1 unspecified atom stereocenters. The summed E-state index contributed by atoms with van der Waals surface area (Å²) in [5, 5.41) is 13.6. The number of rotatable bonds is 6. The van der Waals surface area contributed by atoms with Gasteiger partial charge in [-0.05, 0) is 38.3 Å².